The third-order valence-corrected chi connectivity index (χ3v) is 6.33. The monoisotopic (exact) mass is 419 g/mol. The second-order valence-electron chi connectivity index (χ2n) is 6.86. The van der Waals surface area contributed by atoms with Crippen LogP contribution in [0.2, 0.25) is 0 Å². The van der Waals surface area contributed by atoms with Crippen LogP contribution >= 0.6 is 0 Å². The first-order valence-corrected chi connectivity index (χ1v) is 11.1. The van der Waals surface area contributed by atoms with Crippen molar-refractivity contribution in [2.75, 3.05) is 13.1 Å². The van der Waals surface area contributed by atoms with Gasteiger partial charge in [0.2, 0.25) is 10.0 Å². The molecule has 0 radical (unpaired) electrons. The van der Waals surface area contributed by atoms with E-state index in [0.717, 1.165) is 12.0 Å². The first-order chi connectivity index (χ1) is 14.0. The molecule has 2 aromatic rings. The molecule has 1 aromatic carbocycles. The standard InChI is InChI=1S/C19H25N5O4S/c1-2-11-24-18(20-21-22-24)15-28-19(25)17-8-12-23(13-9-17)29(26,27)14-10-16-6-4-3-5-7-16/h3-7,10,14,17H,2,8-9,11-13,15H2,1H3/b14-10+. The highest BCUT2D eigenvalue weighted by molar-refractivity contribution is 7.92. The fraction of sp³-hybridized carbons (Fsp3) is 0.474. The molecule has 1 aliphatic heterocycles. The predicted molar refractivity (Wildman–Crippen MR) is 107 cm³/mol. The molecule has 0 saturated carbocycles. The zero-order chi connectivity index (χ0) is 20.7. The SMILES string of the molecule is CCCn1nnnc1COC(=O)C1CCN(S(=O)(=O)/C=C/c2ccccc2)CC1. The van der Waals surface area contributed by atoms with Crippen molar-refractivity contribution in [3.8, 4) is 0 Å². The van der Waals surface area contributed by atoms with Crippen molar-refractivity contribution < 1.29 is 17.9 Å². The van der Waals surface area contributed by atoms with Crippen LogP contribution in [0.5, 0.6) is 0 Å². The second-order valence-corrected chi connectivity index (χ2v) is 8.68. The minimum absolute atomic E-state index is 0.0180. The Hall–Kier alpha value is -2.59. The number of ether oxygens (including phenoxy) is 1. The second kappa shape index (κ2) is 9.75. The summed E-state index contributed by atoms with van der Waals surface area (Å²) in [6.45, 7) is 3.26. The number of aromatic nitrogens is 4. The first kappa shape index (κ1) is 21.1. The van der Waals surface area contributed by atoms with E-state index < -0.39 is 10.0 Å². The van der Waals surface area contributed by atoms with Crippen LogP contribution in [0.15, 0.2) is 35.7 Å². The van der Waals surface area contributed by atoms with Gasteiger partial charge in [-0.15, -0.1) is 5.10 Å². The van der Waals surface area contributed by atoms with Crippen LogP contribution in [-0.2, 0) is 32.7 Å². The fourth-order valence-corrected chi connectivity index (χ4v) is 4.35. The van der Waals surface area contributed by atoms with Crippen molar-refractivity contribution in [1.29, 1.82) is 0 Å². The molecule has 0 unspecified atom stereocenters. The zero-order valence-corrected chi connectivity index (χ0v) is 17.2. The van der Waals surface area contributed by atoms with Gasteiger partial charge in [0.1, 0.15) is 0 Å². The van der Waals surface area contributed by atoms with Crippen molar-refractivity contribution in [1.82, 2.24) is 24.5 Å². The summed E-state index contributed by atoms with van der Waals surface area (Å²) in [5, 5.41) is 12.5. The van der Waals surface area contributed by atoms with Gasteiger partial charge >= 0.3 is 5.97 Å². The number of rotatable bonds is 8. The highest BCUT2D eigenvalue weighted by Gasteiger charge is 2.31. The van der Waals surface area contributed by atoms with Crippen molar-refractivity contribution >= 4 is 22.1 Å². The Kier molecular flexibility index (Phi) is 7.10. The number of nitrogens with zero attached hydrogens (tertiary/aromatic N) is 5. The van der Waals surface area contributed by atoms with Crippen LogP contribution in [0, 0.1) is 5.92 Å². The summed E-state index contributed by atoms with van der Waals surface area (Å²) in [6, 6.07) is 9.25. The van der Waals surface area contributed by atoms with Gasteiger partial charge in [-0.2, -0.15) is 4.31 Å². The topological polar surface area (TPSA) is 107 Å². The van der Waals surface area contributed by atoms with Crippen LogP contribution in [0.1, 0.15) is 37.6 Å². The smallest absolute Gasteiger partial charge is 0.309 e. The summed E-state index contributed by atoms with van der Waals surface area (Å²) < 4.78 is 33.4. The van der Waals surface area contributed by atoms with Gasteiger partial charge in [0.05, 0.1) is 5.92 Å². The van der Waals surface area contributed by atoms with Gasteiger partial charge in [-0.05, 0) is 41.3 Å². The van der Waals surface area contributed by atoms with Crippen LogP contribution in [0.3, 0.4) is 0 Å². The predicted octanol–water partition coefficient (Wildman–Crippen LogP) is 1.84. The summed E-state index contributed by atoms with van der Waals surface area (Å²) in [4.78, 5) is 12.3. The molecule has 1 saturated heterocycles. The molecule has 0 atom stereocenters. The quantitative estimate of drug-likeness (QED) is 0.601. The van der Waals surface area contributed by atoms with Gasteiger partial charge in [-0.25, -0.2) is 13.1 Å². The molecule has 1 aliphatic rings. The molecular formula is C19H25N5O4S. The minimum atomic E-state index is -3.52. The number of benzene rings is 1. The van der Waals surface area contributed by atoms with Crippen molar-refractivity contribution in [2.24, 2.45) is 5.92 Å². The summed E-state index contributed by atoms with van der Waals surface area (Å²) in [5.41, 5.74) is 0.819. The maximum absolute atomic E-state index is 12.5. The number of hydrogen-bond acceptors (Lipinski definition) is 7. The Morgan fingerprint density at radius 2 is 1.97 bits per heavy atom. The summed E-state index contributed by atoms with van der Waals surface area (Å²) in [7, 11) is -3.52. The molecule has 9 nitrogen and oxygen atoms in total. The maximum atomic E-state index is 12.5. The number of carbonyl (C=O) groups excluding carboxylic acids is 1. The maximum Gasteiger partial charge on any atom is 0.309 e. The zero-order valence-electron chi connectivity index (χ0n) is 16.3. The normalized spacial score (nSPS) is 16.3. The van der Waals surface area contributed by atoms with Gasteiger partial charge in [0.15, 0.2) is 12.4 Å². The van der Waals surface area contributed by atoms with Gasteiger partial charge < -0.3 is 4.74 Å². The fourth-order valence-electron chi connectivity index (χ4n) is 3.13. The van der Waals surface area contributed by atoms with Crippen molar-refractivity contribution in [3.05, 3.63) is 47.1 Å². The van der Waals surface area contributed by atoms with Crippen LogP contribution in [-0.4, -0.2) is 52.0 Å². The number of piperidine rings is 1. The molecule has 10 heteroatoms. The number of hydrogen-bond donors (Lipinski definition) is 0. The largest absolute Gasteiger partial charge is 0.457 e. The lowest BCUT2D eigenvalue weighted by atomic mass is 9.98. The van der Waals surface area contributed by atoms with Gasteiger partial charge in [0.25, 0.3) is 0 Å². The molecular weight excluding hydrogens is 394 g/mol. The van der Waals surface area contributed by atoms with Gasteiger partial charge in [0, 0.05) is 25.0 Å². The summed E-state index contributed by atoms with van der Waals surface area (Å²) in [5.74, 6) is -0.158. The molecule has 3 rings (SSSR count). The molecule has 156 valence electrons. The molecule has 0 aliphatic carbocycles. The van der Waals surface area contributed by atoms with Crippen LogP contribution in [0.25, 0.3) is 6.08 Å². The van der Waals surface area contributed by atoms with E-state index in [-0.39, 0.29) is 31.6 Å². The molecule has 0 amide bonds. The first-order valence-electron chi connectivity index (χ1n) is 9.64. The highest BCUT2D eigenvalue weighted by Crippen LogP contribution is 2.22. The molecule has 1 fully saturated rings. The van der Waals surface area contributed by atoms with Crippen LogP contribution < -0.4 is 0 Å². The Morgan fingerprint density at radius 1 is 1.24 bits per heavy atom. The minimum Gasteiger partial charge on any atom is -0.457 e. The molecule has 0 bridgehead atoms. The third kappa shape index (κ3) is 5.70. The highest BCUT2D eigenvalue weighted by atomic mass is 32.2. The Bertz CT molecular complexity index is 935. The van der Waals surface area contributed by atoms with E-state index in [1.54, 1.807) is 10.8 Å². The van der Waals surface area contributed by atoms with Crippen molar-refractivity contribution in [3.63, 3.8) is 0 Å². The average Bonchev–Trinajstić information content (AvgIpc) is 3.19. The lowest BCUT2D eigenvalue weighted by Crippen LogP contribution is -2.39. The lowest BCUT2D eigenvalue weighted by molar-refractivity contribution is -0.151. The molecule has 29 heavy (non-hydrogen) atoms. The molecule has 1 aromatic heterocycles. The number of tetrazole rings is 1. The third-order valence-electron chi connectivity index (χ3n) is 4.76. The molecule has 0 spiro atoms. The van der Waals surface area contributed by atoms with Gasteiger partial charge in [-0.1, -0.05) is 37.3 Å². The number of sulfonamides is 1. The van der Waals surface area contributed by atoms with E-state index in [0.29, 0.717) is 25.2 Å². The van der Waals surface area contributed by atoms with E-state index in [9.17, 15) is 13.2 Å². The van der Waals surface area contributed by atoms with Gasteiger partial charge in [-0.3, -0.25) is 4.79 Å². The number of aryl methyl sites for hydroxylation is 1. The van der Waals surface area contributed by atoms with Crippen LogP contribution in [0.4, 0.5) is 0 Å². The average molecular weight is 420 g/mol. The van der Waals surface area contributed by atoms with E-state index in [4.69, 9.17) is 4.74 Å². The summed E-state index contributed by atoms with van der Waals surface area (Å²) in [6.07, 6.45) is 3.31. The Labute approximate surface area is 170 Å². The summed E-state index contributed by atoms with van der Waals surface area (Å²) >= 11 is 0. The number of esters is 1. The van der Waals surface area contributed by atoms with E-state index in [1.807, 2.05) is 37.3 Å². The van der Waals surface area contributed by atoms with E-state index >= 15 is 0 Å². The Morgan fingerprint density at radius 3 is 2.66 bits per heavy atom. The van der Waals surface area contributed by atoms with Crippen molar-refractivity contribution in [2.45, 2.75) is 39.3 Å². The number of carbonyl (C=O) groups is 1. The Balaban J connectivity index is 1.49. The lowest BCUT2D eigenvalue weighted by Gasteiger charge is -2.29. The molecule has 0 N–H and O–H groups in total. The molecule has 2 heterocycles. The van der Waals surface area contributed by atoms with E-state index in [1.165, 1.54) is 9.71 Å². The van der Waals surface area contributed by atoms with E-state index in [2.05, 4.69) is 15.5 Å².